The number of nitrogens with zero attached hydrogens (tertiary/aromatic N) is 2. The lowest BCUT2D eigenvalue weighted by Crippen LogP contribution is -2.37. The van der Waals surface area contributed by atoms with Gasteiger partial charge in [0.15, 0.2) is 0 Å². The summed E-state index contributed by atoms with van der Waals surface area (Å²) in [6.07, 6.45) is 3.90. The first-order valence-electron chi connectivity index (χ1n) is 7.25. The molecular weight excluding hydrogens is 258 g/mol. The van der Waals surface area contributed by atoms with Gasteiger partial charge in [0.25, 0.3) is 0 Å². The van der Waals surface area contributed by atoms with Crippen LogP contribution in [-0.2, 0) is 6.54 Å². The molecule has 2 N–H and O–H groups in total. The Morgan fingerprint density at radius 1 is 1.21 bits per heavy atom. The molecule has 0 saturated carbocycles. The summed E-state index contributed by atoms with van der Waals surface area (Å²) in [4.78, 5) is 5.14. The van der Waals surface area contributed by atoms with E-state index in [2.05, 4.69) is 21.9 Å². The summed E-state index contributed by atoms with van der Waals surface area (Å²) < 4.78 is 0. The van der Waals surface area contributed by atoms with E-state index >= 15 is 0 Å². The van der Waals surface area contributed by atoms with Crippen LogP contribution in [0.25, 0.3) is 0 Å². The van der Waals surface area contributed by atoms with E-state index in [1.807, 2.05) is 6.07 Å². The molecule has 0 bridgehead atoms. The van der Waals surface area contributed by atoms with Crippen molar-refractivity contribution in [1.29, 1.82) is 0 Å². The van der Waals surface area contributed by atoms with Crippen molar-refractivity contribution < 1.29 is 0 Å². The van der Waals surface area contributed by atoms with Crippen LogP contribution in [0.4, 0.5) is 5.69 Å². The Morgan fingerprint density at radius 3 is 2.89 bits per heavy atom. The molecule has 104 valence electrons. The maximum Gasteiger partial charge on any atom is 0.0427 e. The Bertz CT molecular complexity index is 449. The van der Waals surface area contributed by atoms with Crippen molar-refractivity contribution in [2.45, 2.75) is 31.8 Å². The average molecular weight is 280 g/mol. The van der Waals surface area contributed by atoms with Gasteiger partial charge >= 0.3 is 0 Å². The SMILES string of the molecule is NCc1ccc(Cl)cc1N1CCCN2CCCC2C1. The third-order valence-electron chi connectivity index (χ3n) is 4.41. The summed E-state index contributed by atoms with van der Waals surface area (Å²) in [6, 6.07) is 6.79. The first-order valence-corrected chi connectivity index (χ1v) is 7.63. The fraction of sp³-hybridized carbons (Fsp3) is 0.600. The first kappa shape index (κ1) is 13.2. The molecule has 0 aliphatic carbocycles. The lowest BCUT2D eigenvalue weighted by Gasteiger charge is -2.29. The number of nitrogens with two attached hydrogens (primary N) is 1. The smallest absolute Gasteiger partial charge is 0.0427 e. The van der Waals surface area contributed by atoms with Crippen molar-refractivity contribution in [2.24, 2.45) is 5.73 Å². The second-order valence-electron chi connectivity index (χ2n) is 5.61. The zero-order chi connectivity index (χ0) is 13.2. The summed E-state index contributed by atoms with van der Waals surface area (Å²) in [5.41, 5.74) is 8.32. The number of anilines is 1. The summed E-state index contributed by atoms with van der Waals surface area (Å²) >= 11 is 6.17. The van der Waals surface area contributed by atoms with Gasteiger partial charge in [-0.2, -0.15) is 0 Å². The predicted molar refractivity (Wildman–Crippen MR) is 80.8 cm³/mol. The standard InChI is InChI=1S/C15H22ClN3/c16-13-5-4-12(10-17)15(9-13)19-8-2-7-18-6-1-3-14(18)11-19/h4-5,9,14H,1-3,6-8,10-11,17H2. The van der Waals surface area contributed by atoms with Crippen LogP contribution in [0.1, 0.15) is 24.8 Å². The topological polar surface area (TPSA) is 32.5 Å². The van der Waals surface area contributed by atoms with Crippen LogP contribution < -0.4 is 10.6 Å². The second-order valence-corrected chi connectivity index (χ2v) is 6.05. The molecule has 1 atom stereocenters. The van der Waals surface area contributed by atoms with E-state index in [0.717, 1.165) is 18.1 Å². The van der Waals surface area contributed by atoms with Gasteiger partial charge in [0, 0.05) is 42.9 Å². The van der Waals surface area contributed by atoms with Crippen LogP contribution in [0.15, 0.2) is 18.2 Å². The van der Waals surface area contributed by atoms with E-state index in [9.17, 15) is 0 Å². The number of benzene rings is 1. The van der Waals surface area contributed by atoms with Crippen LogP contribution in [0.2, 0.25) is 5.02 Å². The normalized spacial score (nSPS) is 24.3. The molecule has 2 fully saturated rings. The lowest BCUT2D eigenvalue weighted by atomic mass is 10.1. The van der Waals surface area contributed by atoms with Gasteiger partial charge in [-0.15, -0.1) is 0 Å². The Kier molecular flexibility index (Phi) is 3.96. The van der Waals surface area contributed by atoms with Crippen LogP contribution in [0.3, 0.4) is 0 Å². The molecular formula is C15H22ClN3. The molecule has 19 heavy (non-hydrogen) atoms. The van der Waals surface area contributed by atoms with Gasteiger partial charge in [-0.25, -0.2) is 0 Å². The summed E-state index contributed by atoms with van der Waals surface area (Å²) in [5.74, 6) is 0. The minimum absolute atomic E-state index is 0.581. The van der Waals surface area contributed by atoms with Crippen molar-refractivity contribution >= 4 is 17.3 Å². The monoisotopic (exact) mass is 279 g/mol. The Morgan fingerprint density at radius 2 is 2.05 bits per heavy atom. The zero-order valence-electron chi connectivity index (χ0n) is 11.3. The molecule has 4 heteroatoms. The highest BCUT2D eigenvalue weighted by Gasteiger charge is 2.29. The van der Waals surface area contributed by atoms with Gasteiger partial charge in [0.1, 0.15) is 0 Å². The molecule has 2 saturated heterocycles. The lowest BCUT2D eigenvalue weighted by molar-refractivity contribution is 0.273. The molecule has 2 aliphatic heterocycles. The van der Waals surface area contributed by atoms with Crippen LogP contribution in [0.5, 0.6) is 0 Å². The van der Waals surface area contributed by atoms with Gasteiger partial charge in [-0.05, 0) is 43.5 Å². The van der Waals surface area contributed by atoms with Crippen molar-refractivity contribution in [3.63, 3.8) is 0 Å². The van der Waals surface area contributed by atoms with Gasteiger partial charge in [-0.3, -0.25) is 4.90 Å². The van der Waals surface area contributed by atoms with Crippen molar-refractivity contribution in [2.75, 3.05) is 31.1 Å². The fourth-order valence-electron chi connectivity index (χ4n) is 3.43. The van der Waals surface area contributed by atoms with Crippen LogP contribution in [0, 0.1) is 0 Å². The molecule has 1 unspecified atom stereocenters. The van der Waals surface area contributed by atoms with Gasteiger partial charge in [0.05, 0.1) is 0 Å². The van der Waals surface area contributed by atoms with E-state index in [0.29, 0.717) is 12.6 Å². The maximum atomic E-state index is 6.17. The molecule has 0 radical (unpaired) electrons. The Hall–Kier alpha value is -0.770. The predicted octanol–water partition coefficient (Wildman–Crippen LogP) is 2.47. The molecule has 0 amide bonds. The summed E-state index contributed by atoms with van der Waals surface area (Å²) in [7, 11) is 0. The molecule has 0 spiro atoms. The Labute approximate surface area is 120 Å². The average Bonchev–Trinajstić information content (AvgIpc) is 2.76. The number of hydrogen-bond donors (Lipinski definition) is 1. The summed E-state index contributed by atoms with van der Waals surface area (Å²) in [6.45, 7) is 5.32. The molecule has 1 aromatic carbocycles. The molecule has 3 nitrogen and oxygen atoms in total. The zero-order valence-corrected chi connectivity index (χ0v) is 12.1. The van der Waals surface area contributed by atoms with Crippen LogP contribution >= 0.6 is 11.6 Å². The summed E-state index contributed by atoms with van der Waals surface area (Å²) in [5, 5.41) is 0.805. The van der Waals surface area contributed by atoms with Gasteiger partial charge < -0.3 is 10.6 Å². The van der Waals surface area contributed by atoms with Crippen LogP contribution in [-0.4, -0.2) is 37.1 Å². The van der Waals surface area contributed by atoms with Crippen molar-refractivity contribution in [1.82, 2.24) is 4.90 Å². The van der Waals surface area contributed by atoms with Gasteiger partial charge in [0.2, 0.25) is 0 Å². The number of hydrogen-bond acceptors (Lipinski definition) is 3. The highest BCUT2D eigenvalue weighted by Crippen LogP contribution is 2.29. The fourth-order valence-corrected chi connectivity index (χ4v) is 3.60. The number of fused-ring (bicyclic) bond motifs is 1. The molecule has 1 aromatic rings. The third-order valence-corrected chi connectivity index (χ3v) is 4.65. The number of rotatable bonds is 2. The largest absolute Gasteiger partial charge is 0.370 e. The van der Waals surface area contributed by atoms with Crippen molar-refractivity contribution in [3.8, 4) is 0 Å². The molecule has 3 rings (SSSR count). The van der Waals surface area contributed by atoms with E-state index < -0.39 is 0 Å². The minimum Gasteiger partial charge on any atom is -0.370 e. The highest BCUT2D eigenvalue weighted by atomic mass is 35.5. The minimum atomic E-state index is 0.581. The molecule has 2 heterocycles. The van der Waals surface area contributed by atoms with E-state index in [4.69, 9.17) is 17.3 Å². The highest BCUT2D eigenvalue weighted by molar-refractivity contribution is 6.30. The van der Waals surface area contributed by atoms with E-state index in [-0.39, 0.29) is 0 Å². The quantitative estimate of drug-likeness (QED) is 0.903. The second kappa shape index (κ2) is 5.70. The molecule has 2 aliphatic rings. The Balaban J connectivity index is 1.86. The first-order chi connectivity index (χ1) is 9.28. The molecule has 0 aromatic heterocycles. The maximum absolute atomic E-state index is 6.17. The van der Waals surface area contributed by atoms with Gasteiger partial charge in [-0.1, -0.05) is 17.7 Å². The third kappa shape index (κ3) is 2.73. The van der Waals surface area contributed by atoms with E-state index in [1.54, 1.807) is 0 Å². The van der Waals surface area contributed by atoms with Crippen molar-refractivity contribution in [3.05, 3.63) is 28.8 Å². The number of halogens is 1. The van der Waals surface area contributed by atoms with E-state index in [1.165, 1.54) is 43.6 Å².